The number of anilines is 1. The fraction of sp³-hybridized carbons (Fsp3) is 0.579. The molecule has 6 nitrogen and oxygen atoms in total. The molecule has 0 bridgehead atoms. The van der Waals surface area contributed by atoms with E-state index >= 15 is 0 Å². The number of para-hydroxylation sites is 1. The third-order valence-corrected chi connectivity index (χ3v) is 5.21. The summed E-state index contributed by atoms with van der Waals surface area (Å²) in [4.78, 5) is 30.7. The molecule has 3 rings (SSSR count). The van der Waals surface area contributed by atoms with Crippen molar-refractivity contribution in [2.75, 3.05) is 51.5 Å². The Balaban J connectivity index is 0.00000182. The summed E-state index contributed by atoms with van der Waals surface area (Å²) in [7, 11) is 0. The topological polar surface area (TPSA) is 69.9 Å². The van der Waals surface area contributed by atoms with E-state index in [1.807, 2.05) is 34.1 Å². The summed E-state index contributed by atoms with van der Waals surface area (Å²) in [5.41, 5.74) is 7.72. The quantitative estimate of drug-likeness (QED) is 0.742. The average molecular weight is 417 g/mol. The van der Waals surface area contributed by atoms with E-state index < -0.39 is 0 Å². The maximum absolute atomic E-state index is 12.4. The van der Waals surface area contributed by atoms with Crippen LogP contribution in [0.25, 0.3) is 0 Å². The molecule has 0 atom stereocenters. The van der Waals surface area contributed by atoms with Gasteiger partial charge in [0.05, 0.1) is 6.54 Å². The van der Waals surface area contributed by atoms with Crippen LogP contribution in [0.1, 0.15) is 24.8 Å². The van der Waals surface area contributed by atoms with Crippen LogP contribution in [0.3, 0.4) is 0 Å². The summed E-state index contributed by atoms with van der Waals surface area (Å²) >= 11 is 0. The Kier molecular flexibility index (Phi) is 9.91. The second-order valence-corrected chi connectivity index (χ2v) is 6.94. The number of hydrogen-bond acceptors (Lipinski definition) is 4. The van der Waals surface area contributed by atoms with Gasteiger partial charge in [-0.1, -0.05) is 18.2 Å². The highest BCUT2D eigenvalue weighted by Crippen LogP contribution is 2.14. The predicted octanol–water partition coefficient (Wildman–Crippen LogP) is 1.81. The third-order valence-electron chi connectivity index (χ3n) is 5.21. The Bertz CT molecular complexity index is 615. The molecule has 0 spiro atoms. The number of amides is 2. The molecule has 2 aliphatic rings. The normalized spacial score (nSPS) is 17.2. The van der Waals surface area contributed by atoms with Crippen LogP contribution in [0.4, 0.5) is 5.69 Å². The maximum atomic E-state index is 12.4. The van der Waals surface area contributed by atoms with Crippen LogP contribution in [0.5, 0.6) is 0 Å². The van der Waals surface area contributed by atoms with Gasteiger partial charge in [-0.3, -0.25) is 14.5 Å². The van der Waals surface area contributed by atoms with Crippen molar-refractivity contribution in [3.05, 3.63) is 29.8 Å². The number of aryl methyl sites for hydroxylation is 1. The molecule has 0 aromatic heterocycles. The van der Waals surface area contributed by atoms with E-state index in [4.69, 9.17) is 5.73 Å². The molecule has 2 aliphatic heterocycles. The molecule has 27 heavy (non-hydrogen) atoms. The van der Waals surface area contributed by atoms with Gasteiger partial charge >= 0.3 is 0 Å². The van der Waals surface area contributed by atoms with Gasteiger partial charge in [-0.05, 0) is 30.9 Å². The molecule has 0 unspecified atom stereocenters. The lowest BCUT2D eigenvalue weighted by Gasteiger charge is -2.35. The number of carbonyl (C=O) groups excluding carboxylic acids is 2. The van der Waals surface area contributed by atoms with Crippen molar-refractivity contribution in [1.29, 1.82) is 0 Å². The number of rotatable bonds is 5. The van der Waals surface area contributed by atoms with Crippen LogP contribution in [0.15, 0.2) is 24.3 Å². The van der Waals surface area contributed by atoms with Crippen molar-refractivity contribution in [2.24, 2.45) is 0 Å². The first-order chi connectivity index (χ1) is 12.1. The molecule has 2 heterocycles. The molecule has 152 valence electrons. The van der Waals surface area contributed by atoms with E-state index in [2.05, 4.69) is 4.90 Å². The number of carbonyl (C=O) groups is 2. The van der Waals surface area contributed by atoms with Crippen molar-refractivity contribution in [3.63, 3.8) is 0 Å². The zero-order valence-electron chi connectivity index (χ0n) is 15.6. The summed E-state index contributed by atoms with van der Waals surface area (Å²) in [5, 5.41) is 0. The van der Waals surface area contributed by atoms with Crippen LogP contribution in [0, 0.1) is 0 Å². The van der Waals surface area contributed by atoms with E-state index in [1.165, 1.54) is 0 Å². The summed E-state index contributed by atoms with van der Waals surface area (Å²) in [6, 6.07) is 7.70. The largest absolute Gasteiger partial charge is 0.399 e. The number of piperazine rings is 1. The van der Waals surface area contributed by atoms with Gasteiger partial charge in [0, 0.05) is 51.4 Å². The molecule has 2 amide bonds. The lowest BCUT2D eigenvalue weighted by molar-refractivity contribution is -0.134. The van der Waals surface area contributed by atoms with Crippen molar-refractivity contribution in [1.82, 2.24) is 14.7 Å². The molecule has 0 aliphatic carbocycles. The highest BCUT2D eigenvalue weighted by atomic mass is 35.5. The zero-order valence-corrected chi connectivity index (χ0v) is 17.3. The van der Waals surface area contributed by atoms with Crippen LogP contribution < -0.4 is 5.73 Å². The average Bonchev–Trinajstić information content (AvgIpc) is 3.16. The van der Waals surface area contributed by atoms with Gasteiger partial charge in [-0.2, -0.15) is 0 Å². The molecule has 1 aromatic rings. The SMILES string of the molecule is Cl.Cl.Nc1ccccc1CCC(=O)N1CCN(CC(=O)N2CCCC2)CC1. The van der Waals surface area contributed by atoms with Crippen molar-refractivity contribution in [3.8, 4) is 0 Å². The minimum Gasteiger partial charge on any atom is -0.399 e. The number of halogens is 2. The van der Waals surface area contributed by atoms with Crippen LogP contribution in [-0.4, -0.2) is 72.3 Å². The van der Waals surface area contributed by atoms with E-state index in [0.717, 1.165) is 50.3 Å². The van der Waals surface area contributed by atoms with Crippen molar-refractivity contribution < 1.29 is 9.59 Å². The molecule has 0 saturated carbocycles. The fourth-order valence-corrected chi connectivity index (χ4v) is 3.57. The molecular formula is C19H30Cl2N4O2. The van der Waals surface area contributed by atoms with Gasteiger partial charge in [-0.25, -0.2) is 0 Å². The third kappa shape index (κ3) is 6.55. The van der Waals surface area contributed by atoms with Gasteiger partial charge in [-0.15, -0.1) is 24.8 Å². The number of likely N-dealkylation sites (tertiary alicyclic amines) is 1. The Morgan fingerprint density at radius 2 is 1.44 bits per heavy atom. The maximum Gasteiger partial charge on any atom is 0.236 e. The van der Waals surface area contributed by atoms with Crippen LogP contribution in [-0.2, 0) is 16.0 Å². The number of nitrogens with zero attached hydrogens (tertiary/aromatic N) is 3. The zero-order chi connectivity index (χ0) is 17.6. The van der Waals surface area contributed by atoms with Crippen LogP contribution >= 0.6 is 24.8 Å². The summed E-state index contributed by atoms with van der Waals surface area (Å²) < 4.78 is 0. The van der Waals surface area contributed by atoms with E-state index in [1.54, 1.807) is 0 Å². The van der Waals surface area contributed by atoms with Gasteiger partial charge < -0.3 is 15.5 Å². The van der Waals surface area contributed by atoms with E-state index in [9.17, 15) is 9.59 Å². The minimum absolute atomic E-state index is 0. The van der Waals surface area contributed by atoms with Gasteiger partial charge in [0.2, 0.25) is 11.8 Å². The summed E-state index contributed by atoms with van der Waals surface area (Å²) in [6.07, 6.45) is 3.42. The molecule has 8 heteroatoms. The molecule has 0 radical (unpaired) electrons. The number of benzene rings is 1. The predicted molar refractivity (Wildman–Crippen MR) is 113 cm³/mol. The molecule has 1 aromatic carbocycles. The Morgan fingerprint density at radius 3 is 2.07 bits per heavy atom. The Labute approximate surface area is 173 Å². The second kappa shape index (κ2) is 11.4. The fourth-order valence-electron chi connectivity index (χ4n) is 3.57. The van der Waals surface area contributed by atoms with Crippen molar-refractivity contribution in [2.45, 2.75) is 25.7 Å². The first-order valence-corrected chi connectivity index (χ1v) is 9.25. The number of hydrogen-bond donors (Lipinski definition) is 1. The highest BCUT2D eigenvalue weighted by molar-refractivity contribution is 5.85. The summed E-state index contributed by atoms with van der Waals surface area (Å²) in [6.45, 7) is 5.26. The Hall–Kier alpha value is -1.50. The molecule has 2 saturated heterocycles. The monoisotopic (exact) mass is 416 g/mol. The minimum atomic E-state index is 0. The summed E-state index contributed by atoms with van der Waals surface area (Å²) in [5.74, 6) is 0.408. The number of nitrogen functional groups attached to an aromatic ring is 1. The van der Waals surface area contributed by atoms with Gasteiger partial charge in [0.1, 0.15) is 0 Å². The molecular weight excluding hydrogens is 387 g/mol. The van der Waals surface area contributed by atoms with Gasteiger partial charge in [0.15, 0.2) is 0 Å². The highest BCUT2D eigenvalue weighted by Gasteiger charge is 2.25. The first kappa shape index (κ1) is 23.5. The Morgan fingerprint density at radius 1 is 0.852 bits per heavy atom. The van der Waals surface area contributed by atoms with E-state index in [-0.39, 0.29) is 36.6 Å². The smallest absolute Gasteiger partial charge is 0.236 e. The van der Waals surface area contributed by atoms with Crippen LogP contribution in [0.2, 0.25) is 0 Å². The standard InChI is InChI=1S/C19H28N4O2.2ClH/c20-17-6-2-1-5-16(17)7-8-18(24)23-13-11-21(12-14-23)15-19(25)22-9-3-4-10-22;;/h1-2,5-6H,3-4,7-15,20H2;2*1H. The second-order valence-electron chi connectivity index (χ2n) is 6.94. The molecule has 2 N–H and O–H groups in total. The van der Waals surface area contributed by atoms with E-state index in [0.29, 0.717) is 32.5 Å². The van der Waals surface area contributed by atoms with Crippen molar-refractivity contribution >= 4 is 42.3 Å². The number of nitrogens with two attached hydrogens (primary N) is 1. The molecule has 2 fully saturated rings. The van der Waals surface area contributed by atoms with Gasteiger partial charge in [0.25, 0.3) is 0 Å². The first-order valence-electron chi connectivity index (χ1n) is 9.25. The lowest BCUT2D eigenvalue weighted by Crippen LogP contribution is -2.51. The lowest BCUT2D eigenvalue weighted by atomic mass is 10.1.